The fourth-order valence-electron chi connectivity index (χ4n) is 5.41. The lowest BCUT2D eigenvalue weighted by Gasteiger charge is -2.22. The lowest BCUT2D eigenvalue weighted by molar-refractivity contribution is -0.686. The summed E-state index contributed by atoms with van der Waals surface area (Å²) in [7, 11) is 3.40. The number of phenolic OH excluding ortho intramolecular Hbond substituents is 1. The Bertz CT molecular complexity index is 1190. The summed E-state index contributed by atoms with van der Waals surface area (Å²) in [5.74, 6) is 2.35. The van der Waals surface area contributed by atoms with Crippen LogP contribution in [0.3, 0.4) is 0 Å². The molecule has 0 radical (unpaired) electrons. The normalized spacial score (nSPS) is 12.0. The lowest BCUT2D eigenvalue weighted by Crippen LogP contribution is -3.00. The van der Waals surface area contributed by atoms with Gasteiger partial charge in [0.15, 0.2) is 35.7 Å². The Balaban J connectivity index is 0.00000380. The van der Waals surface area contributed by atoms with Gasteiger partial charge >= 0.3 is 0 Å². The maximum atomic E-state index is 10.9. The Morgan fingerprint density at radius 3 is 2.35 bits per heavy atom. The zero-order valence-corrected chi connectivity index (χ0v) is 23.6. The molecule has 0 fully saturated rings. The molecule has 0 amide bonds. The van der Waals surface area contributed by atoms with Crippen molar-refractivity contribution < 1.29 is 36.3 Å². The van der Waals surface area contributed by atoms with Crippen molar-refractivity contribution in [1.82, 2.24) is 0 Å². The van der Waals surface area contributed by atoms with E-state index in [2.05, 4.69) is 36.7 Å². The number of aromatic nitrogens is 1. The van der Waals surface area contributed by atoms with E-state index < -0.39 is 0 Å². The average molecular weight is 528 g/mol. The van der Waals surface area contributed by atoms with Gasteiger partial charge in [0.1, 0.15) is 0 Å². The van der Waals surface area contributed by atoms with Crippen LogP contribution in [-0.4, -0.2) is 25.9 Å². The van der Waals surface area contributed by atoms with Crippen LogP contribution < -0.4 is 31.2 Å². The van der Waals surface area contributed by atoms with Crippen LogP contribution in [0.25, 0.3) is 22.0 Å². The standard InChI is InChI=1S/C31H41NO4.ClH/c1-5-7-9-10-11-12-13-24-23-14-15-28(34-3)31(35-4)26(23)21-32-17-16-22-19-29(36-18-8-6-2)27(33)20-25(22)30(24)32;/h14-15,19-21H,5-13,16-18H2,1-4H3;1H. The number of fused-ring (bicyclic) bond motifs is 4. The molecule has 3 aromatic rings. The average Bonchev–Trinajstić information content (AvgIpc) is 2.89. The molecule has 37 heavy (non-hydrogen) atoms. The molecule has 202 valence electrons. The molecule has 0 saturated carbocycles. The molecule has 2 aromatic carbocycles. The van der Waals surface area contributed by atoms with Crippen LogP contribution in [0.2, 0.25) is 0 Å². The number of aryl methyl sites for hydroxylation is 3. The SMILES string of the molecule is CCCCCCCCc1c2[n+](cc3c(OC)c(OC)ccc13)CCc1cc(OCCCC)c(O)cc1-2.[Cl-]. The number of phenols is 1. The van der Waals surface area contributed by atoms with Crippen LogP contribution in [0.4, 0.5) is 0 Å². The second-order valence-electron chi connectivity index (χ2n) is 9.86. The molecule has 0 unspecified atom stereocenters. The van der Waals surface area contributed by atoms with Crippen LogP contribution in [0.5, 0.6) is 23.0 Å². The molecular formula is C31H42ClNO4. The van der Waals surface area contributed by atoms with Crippen LogP contribution in [0.15, 0.2) is 30.5 Å². The van der Waals surface area contributed by atoms with E-state index in [-0.39, 0.29) is 18.2 Å². The fraction of sp³-hybridized carbons (Fsp3) is 0.516. The van der Waals surface area contributed by atoms with Crippen LogP contribution in [-0.2, 0) is 19.4 Å². The van der Waals surface area contributed by atoms with Gasteiger partial charge in [-0.25, -0.2) is 0 Å². The molecule has 1 aromatic heterocycles. The van der Waals surface area contributed by atoms with Crippen molar-refractivity contribution in [2.45, 2.75) is 84.6 Å². The minimum absolute atomic E-state index is 0. The van der Waals surface area contributed by atoms with E-state index in [9.17, 15) is 5.11 Å². The Morgan fingerprint density at radius 2 is 1.62 bits per heavy atom. The minimum Gasteiger partial charge on any atom is -1.00 e. The highest BCUT2D eigenvalue weighted by Gasteiger charge is 2.31. The van der Waals surface area contributed by atoms with Gasteiger partial charge in [-0.1, -0.05) is 52.4 Å². The summed E-state index contributed by atoms with van der Waals surface area (Å²) >= 11 is 0. The molecule has 0 aliphatic carbocycles. The van der Waals surface area contributed by atoms with E-state index >= 15 is 0 Å². The highest BCUT2D eigenvalue weighted by atomic mass is 35.5. The molecule has 1 aliphatic rings. The van der Waals surface area contributed by atoms with Gasteiger partial charge < -0.3 is 31.7 Å². The number of rotatable bonds is 13. The number of unbranched alkanes of at least 4 members (excludes halogenated alkanes) is 6. The number of hydrogen-bond donors (Lipinski definition) is 1. The maximum Gasteiger partial charge on any atom is 0.216 e. The van der Waals surface area contributed by atoms with E-state index in [0.717, 1.165) is 61.1 Å². The number of pyridine rings is 1. The molecular weight excluding hydrogens is 486 g/mol. The summed E-state index contributed by atoms with van der Waals surface area (Å²) in [6.07, 6.45) is 13.7. The second kappa shape index (κ2) is 13.8. The fourth-order valence-corrected chi connectivity index (χ4v) is 5.41. The Hall–Kier alpha value is -2.66. The van der Waals surface area contributed by atoms with Gasteiger partial charge in [0.25, 0.3) is 0 Å². The van der Waals surface area contributed by atoms with Gasteiger partial charge in [0.05, 0.1) is 31.8 Å². The van der Waals surface area contributed by atoms with Crippen LogP contribution in [0, 0.1) is 0 Å². The Labute approximate surface area is 228 Å². The second-order valence-corrected chi connectivity index (χ2v) is 9.86. The van der Waals surface area contributed by atoms with Crippen molar-refractivity contribution in [1.29, 1.82) is 0 Å². The first kappa shape index (κ1) is 28.9. The number of aromatic hydroxyl groups is 1. The minimum atomic E-state index is 0. The number of hydrogen-bond acceptors (Lipinski definition) is 4. The Kier molecular flexibility index (Phi) is 10.7. The highest BCUT2D eigenvalue weighted by molar-refractivity contribution is 5.95. The molecule has 5 nitrogen and oxygen atoms in total. The van der Waals surface area contributed by atoms with Gasteiger partial charge in [-0.3, -0.25) is 0 Å². The Morgan fingerprint density at radius 1 is 0.865 bits per heavy atom. The van der Waals surface area contributed by atoms with E-state index in [1.54, 1.807) is 14.2 Å². The summed E-state index contributed by atoms with van der Waals surface area (Å²) in [5, 5.41) is 13.1. The molecule has 2 heterocycles. The molecule has 0 bridgehead atoms. The van der Waals surface area contributed by atoms with E-state index in [4.69, 9.17) is 14.2 Å². The molecule has 6 heteroatoms. The quantitative estimate of drug-likeness (QED) is 0.268. The topological polar surface area (TPSA) is 51.8 Å². The van der Waals surface area contributed by atoms with Gasteiger partial charge in [0, 0.05) is 17.4 Å². The predicted octanol–water partition coefficient (Wildman–Crippen LogP) is 4.16. The van der Waals surface area contributed by atoms with Crippen molar-refractivity contribution in [2.24, 2.45) is 0 Å². The van der Waals surface area contributed by atoms with Crippen molar-refractivity contribution in [3.05, 3.63) is 41.6 Å². The third-order valence-electron chi connectivity index (χ3n) is 7.36. The van der Waals surface area contributed by atoms with Crippen molar-refractivity contribution in [3.8, 4) is 34.3 Å². The van der Waals surface area contributed by atoms with E-state index in [0.29, 0.717) is 12.4 Å². The van der Waals surface area contributed by atoms with Gasteiger partial charge in [-0.2, -0.15) is 4.57 Å². The zero-order chi connectivity index (χ0) is 25.5. The number of benzene rings is 2. The monoisotopic (exact) mass is 527 g/mol. The van der Waals surface area contributed by atoms with Gasteiger partial charge in [-0.15, -0.1) is 0 Å². The van der Waals surface area contributed by atoms with Gasteiger partial charge in [0.2, 0.25) is 5.69 Å². The number of methoxy groups -OCH3 is 2. The number of halogens is 1. The third-order valence-corrected chi connectivity index (χ3v) is 7.36. The third kappa shape index (κ3) is 6.26. The molecule has 1 N–H and O–H groups in total. The van der Waals surface area contributed by atoms with Gasteiger partial charge in [-0.05, 0) is 49.1 Å². The first-order valence-corrected chi connectivity index (χ1v) is 13.7. The van der Waals surface area contributed by atoms with E-state index in [1.807, 2.05) is 12.1 Å². The summed E-state index contributed by atoms with van der Waals surface area (Å²) in [6, 6.07) is 8.14. The molecule has 1 aliphatic heterocycles. The van der Waals surface area contributed by atoms with E-state index in [1.165, 1.54) is 54.3 Å². The van der Waals surface area contributed by atoms with Crippen molar-refractivity contribution >= 4 is 10.8 Å². The smallest absolute Gasteiger partial charge is 0.216 e. The summed E-state index contributed by atoms with van der Waals surface area (Å²) in [5.41, 5.74) is 4.88. The first-order valence-electron chi connectivity index (χ1n) is 13.7. The molecule has 4 rings (SSSR count). The number of nitrogens with zero attached hydrogens (tertiary/aromatic N) is 1. The molecule has 0 atom stereocenters. The maximum absolute atomic E-state index is 10.9. The summed E-state index contributed by atoms with van der Waals surface area (Å²) in [6.45, 7) is 5.91. The lowest BCUT2D eigenvalue weighted by atomic mass is 9.89. The largest absolute Gasteiger partial charge is 1.00 e. The van der Waals surface area contributed by atoms with Crippen molar-refractivity contribution in [3.63, 3.8) is 0 Å². The van der Waals surface area contributed by atoms with Crippen molar-refractivity contribution in [2.75, 3.05) is 20.8 Å². The first-order chi connectivity index (χ1) is 17.6. The summed E-state index contributed by atoms with van der Waals surface area (Å²) < 4.78 is 19.7. The zero-order valence-electron chi connectivity index (χ0n) is 22.9. The molecule has 0 saturated heterocycles. The van der Waals surface area contributed by atoms with Crippen LogP contribution in [0.1, 0.15) is 76.3 Å². The number of ether oxygens (including phenoxy) is 3. The molecule has 0 spiro atoms. The summed E-state index contributed by atoms with van der Waals surface area (Å²) in [4.78, 5) is 0. The predicted molar refractivity (Wildman–Crippen MR) is 146 cm³/mol. The highest BCUT2D eigenvalue weighted by Crippen LogP contribution is 2.42. The van der Waals surface area contributed by atoms with Crippen LogP contribution >= 0.6 is 0 Å².